The lowest BCUT2D eigenvalue weighted by Crippen LogP contribution is -2.25. The number of rotatable bonds is 8. The number of nitrogens with zero attached hydrogens (tertiary/aromatic N) is 1. The second-order valence-corrected chi connectivity index (χ2v) is 10.4. The molecule has 0 heterocycles. The minimum Gasteiger partial charge on any atom is -0.329 e. The molecule has 98 valence electrons. The van der Waals surface area contributed by atoms with Crippen molar-refractivity contribution >= 4 is 47.6 Å². The van der Waals surface area contributed by atoms with E-state index < -0.39 is 13.3 Å². The van der Waals surface area contributed by atoms with Crippen molar-refractivity contribution in [2.45, 2.75) is 33.7 Å². The van der Waals surface area contributed by atoms with E-state index in [2.05, 4.69) is 0 Å². The zero-order chi connectivity index (χ0) is 12.8. The van der Waals surface area contributed by atoms with E-state index in [-0.39, 0.29) is 6.04 Å². The molecule has 0 aliphatic rings. The van der Waals surface area contributed by atoms with E-state index in [1.54, 1.807) is 0 Å². The molecule has 8 heteroatoms. The molecule has 0 unspecified atom stereocenters. The zero-order valence-electron chi connectivity index (χ0n) is 10.0. The minimum atomic E-state index is -2.28. The standard InChI is InChI=1S/C8H19Cl2NO2P2S/c1-5-12-15(16,13-6-2)7-11(8(3)4)14(9)10/h8H,5-7H2,1-4H3. The molecule has 0 aromatic rings. The Hall–Kier alpha value is 1.54. The third-order valence-corrected chi connectivity index (χ3v) is 7.07. The predicted octanol–water partition coefficient (Wildman–Crippen LogP) is 4.74. The van der Waals surface area contributed by atoms with Crippen molar-refractivity contribution in [3.05, 3.63) is 0 Å². The lowest BCUT2D eigenvalue weighted by Gasteiger charge is -2.32. The summed E-state index contributed by atoms with van der Waals surface area (Å²) in [6, 6.07) is 0.226. The number of hydrogen-bond donors (Lipinski definition) is 0. The fraction of sp³-hybridized carbons (Fsp3) is 1.00. The van der Waals surface area contributed by atoms with Crippen molar-refractivity contribution in [1.29, 1.82) is 0 Å². The largest absolute Gasteiger partial charge is 0.329 e. The molecule has 0 amide bonds. The molecule has 0 aromatic heterocycles. The molecule has 0 radical (unpaired) electrons. The summed E-state index contributed by atoms with van der Waals surface area (Å²) in [5.74, 6) is 0. The van der Waals surface area contributed by atoms with Crippen molar-refractivity contribution in [2.75, 3.05) is 19.5 Å². The monoisotopic (exact) mass is 325 g/mol. The first kappa shape index (κ1) is 17.5. The van der Waals surface area contributed by atoms with Crippen molar-refractivity contribution in [3.8, 4) is 0 Å². The molecule has 0 bridgehead atoms. The summed E-state index contributed by atoms with van der Waals surface area (Å²) in [5.41, 5.74) is 0. The summed E-state index contributed by atoms with van der Waals surface area (Å²) in [4.78, 5) is 0. The molecule has 0 saturated carbocycles. The van der Waals surface area contributed by atoms with Crippen molar-refractivity contribution in [3.63, 3.8) is 0 Å². The normalized spacial score (nSPS) is 13.1. The highest BCUT2D eigenvalue weighted by Gasteiger charge is 2.27. The van der Waals surface area contributed by atoms with Crippen LogP contribution in [0.4, 0.5) is 0 Å². The number of hydrogen-bond acceptors (Lipinski definition) is 4. The SMILES string of the molecule is CCOP(=S)(CN(C(C)C)P(Cl)Cl)OCC. The van der Waals surface area contributed by atoms with Gasteiger partial charge in [0.15, 0.2) is 6.78 Å². The summed E-state index contributed by atoms with van der Waals surface area (Å²) in [5, 5.41) is 0. The summed E-state index contributed by atoms with van der Waals surface area (Å²) in [6.07, 6.45) is 0.500. The topological polar surface area (TPSA) is 21.7 Å². The lowest BCUT2D eigenvalue weighted by atomic mass is 10.4. The van der Waals surface area contributed by atoms with Gasteiger partial charge in [-0.25, -0.2) is 4.67 Å². The van der Waals surface area contributed by atoms with Gasteiger partial charge < -0.3 is 9.05 Å². The van der Waals surface area contributed by atoms with Crippen LogP contribution in [0.2, 0.25) is 0 Å². The predicted molar refractivity (Wildman–Crippen MR) is 78.0 cm³/mol. The second-order valence-electron chi connectivity index (χ2n) is 3.34. The highest BCUT2D eigenvalue weighted by Crippen LogP contribution is 2.58. The van der Waals surface area contributed by atoms with Crippen molar-refractivity contribution in [2.24, 2.45) is 0 Å². The van der Waals surface area contributed by atoms with Gasteiger partial charge in [-0.15, -0.1) is 0 Å². The van der Waals surface area contributed by atoms with Gasteiger partial charge in [0.25, 0.3) is 0 Å². The van der Waals surface area contributed by atoms with Crippen LogP contribution in [0.3, 0.4) is 0 Å². The van der Waals surface area contributed by atoms with Crippen LogP contribution in [0.15, 0.2) is 0 Å². The van der Waals surface area contributed by atoms with Crippen LogP contribution in [0.5, 0.6) is 0 Å². The highest BCUT2D eigenvalue weighted by atomic mass is 35.9. The quantitative estimate of drug-likeness (QED) is 0.601. The average molecular weight is 326 g/mol. The van der Waals surface area contributed by atoms with Gasteiger partial charge in [-0.2, -0.15) is 0 Å². The third-order valence-electron chi connectivity index (χ3n) is 1.76. The van der Waals surface area contributed by atoms with Gasteiger partial charge in [-0.1, -0.05) is 22.5 Å². The molecule has 0 aliphatic carbocycles. The number of halogens is 2. The van der Waals surface area contributed by atoms with Crippen LogP contribution in [0, 0.1) is 0 Å². The van der Waals surface area contributed by atoms with E-state index in [9.17, 15) is 0 Å². The molecule has 0 spiro atoms. The maximum Gasteiger partial charge on any atom is 0.203 e. The molecule has 0 saturated heterocycles. The molecule has 0 fully saturated rings. The Morgan fingerprint density at radius 1 is 1.25 bits per heavy atom. The van der Waals surface area contributed by atoms with Crippen LogP contribution >= 0.6 is 35.8 Å². The summed E-state index contributed by atoms with van der Waals surface area (Å²) >= 11 is 17.4. The smallest absolute Gasteiger partial charge is 0.203 e. The van der Waals surface area contributed by atoms with E-state index in [0.29, 0.717) is 19.5 Å². The second kappa shape index (κ2) is 8.61. The Morgan fingerprint density at radius 2 is 1.69 bits per heavy atom. The molecular formula is C8H19Cl2NO2P2S. The van der Waals surface area contributed by atoms with Crippen LogP contribution in [0.1, 0.15) is 27.7 Å². The van der Waals surface area contributed by atoms with Gasteiger partial charge >= 0.3 is 0 Å². The van der Waals surface area contributed by atoms with Crippen molar-refractivity contribution in [1.82, 2.24) is 4.67 Å². The van der Waals surface area contributed by atoms with Gasteiger partial charge in [0.05, 0.1) is 19.5 Å². The first-order chi connectivity index (χ1) is 7.36. The summed E-state index contributed by atoms with van der Waals surface area (Å²) in [6.45, 7) is 5.47. The first-order valence-corrected chi connectivity index (χ1v) is 11.1. The van der Waals surface area contributed by atoms with E-state index in [1.165, 1.54) is 0 Å². The fourth-order valence-electron chi connectivity index (χ4n) is 1.08. The van der Waals surface area contributed by atoms with E-state index in [0.717, 1.165) is 0 Å². The van der Waals surface area contributed by atoms with Gasteiger partial charge in [-0.05, 0) is 39.5 Å². The maximum absolute atomic E-state index is 5.96. The zero-order valence-corrected chi connectivity index (χ0v) is 14.1. The van der Waals surface area contributed by atoms with Crippen LogP contribution in [0.25, 0.3) is 0 Å². The molecule has 0 aliphatic heterocycles. The average Bonchev–Trinajstić information content (AvgIpc) is 2.14. The Labute approximate surface area is 114 Å². The van der Waals surface area contributed by atoms with Crippen LogP contribution in [-0.4, -0.2) is 30.2 Å². The summed E-state index contributed by atoms with van der Waals surface area (Å²) < 4.78 is 13.0. The Kier molecular flexibility index (Phi) is 9.44. The van der Waals surface area contributed by atoms with Gasteiger partial charge in [0, 0.05) is 6.04 Å². The highest BCUT2D eigenvalue weighted by molar-refractivity contribution is 8.10. The molecule has 0 aromatic carbocycles. The van der Waals surface area contributed by atoms with Crippen molar-refractivity contribution < 1.29 is 9.05 Å². The van der Waals surface area contributed by atoms with Gasteiger partial charge in [0.2, 0.25) is 6.49 Å². The van der Waals surface area contributed by atoms with Gasteiger partial charge in [0.1, 0.15) is 0 Å². The molecular weight excluding hydrogens is 307 g/mol. The Balaban J connectivity index is 4.63. The van der Waals surface area contributed by atoms with E-state index in [4.69, 9.17) is 43.3 Å². The minimum absolute atomic E-state index is 0.226. The van der Waals surface area contributed by atoms with Gasteiger partial charge in [-0.3, -0.25) is 0 Å². The van der Waals surface area contributed by atoms with Crippen LogP contribution in [-0.2, 0) is 20.9 Å². The fourth-order valence-corrected chi connectivity index (χ4v) is 7.18. The molecule has 16 heavy (non-hydrogen) atoms. The maximum atomic E-state index is 5.96. The van der Waals surface area contributed by atoms with E-state index in [1.807, 2.05) is 32.4 Å². The molecule has 0 N–H and O–H groups in total. The lowest BCUT2D eigenvalue weighted by molar-refractivity contribution is 0.254. The Bertz CT molecular complexity index is 226. The molecule has 3 nitrogen and oxygen atoms in total. The molecule has 0 atom stereocenters. The Morgan fingerprint density at radius 3 is 1.94 bits per heavy atom. The third kappa shape index (κ3) is 6.47. The van der Waals surface area contributed by atoms with Crippen LogP contribution < -0.4 is 0 Å². The summed E-state index contributed by atoms with van der Waals surface area (Å²) in [7, 11) is 0. The first-order valence-electron chi connectivity index (χ1n) is 5.12. The molecule has 0 rings (SSSR count). The van der Waals surface area contributed by atoms with E-state index >= 15 is 0 Å².